The third kappa shape index (κ3) is 5.22. The normalized spacial score (nSPS) is 18.4. The van der Waals surface area contributed by atoms with Gasteiger partial charge in [-0.25, -0.2) is 23.7 Å². The highest BCUT2D eigenvalue weighted by atomic mass is 127. The van der Waals surface area contributed by atoms with Crippen molar-refractivity contribution in [1.29, 1.82) is 0 Å². The standard InChI is InChI=1S/C28H24F2IN7OS/c1-14-11-38(12-15(2)34-14)26(39)22-13-40-28(35-22)37-27-33-10-16-9-32-25(23-20(29)4-3-5-21(23)30)19-8-17(31)6-7-18(19)24(16)36-27/h3-8,10,13-15,34H,9,11-12H2,1-2H3,(H,33,35,36,37). The van der Waals surface area contributed by atoms with Crippen molar-refractivity contribution >= 4 is 56.6 Å². The summed E-state index contributed by atoms with van der Waals surface area (Å²) in [7, 11) is 0. The Labute approximate surface area is 247 Å². The molecule has 0 saturated carbocycles. The molecule has 4 heterocycles. The van der Waals surface area contributed by atoms with Crippen LogP contribution in [-0.2, 0) is 6.54 Å². The first kappa shape index (κ1) is 26.8. The van der Waals surface area contributed by atoms with Crippen molar-refractivity contribution in [3.8, 4) is 11.3 Å². The van der Waals surface area contributed by atoms with Gasteiger partial charge < -0.3 is 15.5 Å². The third-order valence-corrected chi connectivity index (χ3v) is 8.18. The monoisotopic (exact) mass is 671 g/mol. The second-order valence-corrected chi connectivity index (χ2v) is 12.0. The predicted molar refractivity (Wildman–Crippen MR) is 159 cm³/mol. The number of nitrogens with zero attached hydrogens (tertiary/aromatic N) is 5. The number of carbonyl (C=O) groups excluding carboxylic acids is 1. The number of benzene rings is 2. The molecule has 2 atom stereocenters. The summed E-state index contributed by atoms with van der Waals surface area (Å²) in [5.41, 5.74) is 3.04. The summed E-state index contributed by atoms with van der Waals surface area (Å²) in [6.45, 7) is 5.51. The van der Waals surface area contributed by atoms with Gasteiger partial charge in [0.1, 0.15) is 17.3 Å². The van der Waals surface area contributed by atoms with Crippen molar-refractivity contribution in [2.75, 3.05) is 18.4 Å². The van der Waals surface area contributed by atoms with Crippen molar-refractivity contribution in [1.82, 2.24) is 25.2 Å². The largest absolute Gasteiger partial charge is 0.334 e. The minimum absolute atomic E-state index is 0.110. The van der Waals surface area contributed by atoms with E-state index in [9.17, 15) is 13.6 Å². The fourth-order valence-electron chi connectivity index (χ4n) is 5.10. The maximum atomic E-state index is 14.8. The Balaban J connectivity index is 1.31. The fraction of sp³-hybridized carbons (Fsp3) is 0.250. The van der Waals surface area contributed by atoms with E-state index in [4.69, 9.17) is 4.98 Å². The number of anilines is 2. The van der Waals surface area contributed by atoms with E-state index in [2.05, 4.69) is 62.0 Å². The van der Waals surface area contributed by atoms with Gasteiger partial charge in [-0.1, -0.05) is 12.1 Å². The van der Waals surface area contributed by atoms with Crippen LogP contribution in [0, 0.1) is 15.2 Å². The molecule has 6 rings (SSSR count). The fourth-order valence-corrected chi connectivity index (χ4v) is 6.27. The summed E-state index contributed by atoms with van der Waals surface area (Å²) in [5.74, 6) is -1.17. The zero-order valence-corrected chi connectivity index (χ0v) is 24.6. The number of hydrogen-bond acceptors (Lipinski definition) is 8. The van der Waals surface area contributed by atoms with E-state index in [0.717, 1.165) is 9.13 Å². The molecule has 2 aliphatic rings. The highest BCUT2D eigenvalue weighted by Crippen LogP contribution is 2.34. The Morgan fingerprint density at radius 2 is 1.85 bits per heavy atom. The topological polar surface area (TPSA) is 95.4 Å². The van der Waals surface area contributed by atoms with Gasteiger partial charge >= 0.3 is 0 Å². The van der Waals surface area contributed by atoms with E-state index < -0.39 is 11.6 Å². The van der Waals surface area contributed by atoms with E-state index in [1.807, 2.05) is 23.1 Å². The maximum Gasteiger partial charge on any atom is 0.273 e. The average Bonchev–Trinajstić information content (AvgIpc) is 3.32. The van der Waals surface area contributed by atoms with Crippen LogP contribution in [0.1, 0.15) is 41.0 Å². The van der Waals surface area contributed by atoms with E-state index in [-0.39, 0.29) is 35.8 Å². The molecule has 0 radical (unpaired) electrons. The average molecular weight is 672 g/mol. The molecule has 2 aliphatic heterocycles. The number of rotatable bonds is 4. The maximum absolute atomic E-state index is 14.8. The van der Waals surface area contributed by atoms with Gasteiger partial charge in [0.2, 0.25) is 5.95 Å². The van der Waals surface area contributed by atoms with Gasteiger partial charge in [0, 0.05) is 57.0 Å². The zero-order chi connectivity index (χ0) is 28.0. The molecule has 40 heavy (non-hydrogen) atoms. The van der Waals surface area contributed by atoms with Crippen LogP contribution >= 0.6 is 33.9 Å². The van der Waals surface area contributed by atoms with Crippen LogP contribution < -0.4 is 10.6 Å². The van der Waals surface area contributed by atoms with Crippen LogP contribution in [-0.4, -0.2) is 56.6 Å². The lowest BCUT2D eigenvalue weighted by Crippen LogP contribution is -2.55. The Kier molecular flexibility index (Phi) is 7.31. The molecule has 2 unspecified atom stereocenters. The molecule has 0 spiro atoms. The van der Waals surface area contributed by atoms with Crippen molar-refractivity contribution < 1.29 is 13.6 Å². The molecule has 1 fully saturated rings. The Bertz CT molecular complexity index is 1630. The van der Waals surface area contributed by atoms with Crippen molar-refractivity contribution in [3.63, 3.8) is 0 Å². The van der Waals surface area contributed by atoms with Crippen LogP contribution in [0.15, 0.2) is 53.0 Å². The Morgan fingerprint density at radius 1 is 1.10 bits per heavy atom. The lowest BCUT2D eigenvalue weighted by molar-refractivity contribution is 0.0669. The molecule has 1 saturated heterocycles. The first-order valence-corrected chi connectivity index (χ1v) is 14.7. The smallest absolute Gasteiger partial charge is 0.273 e. The molecule has 204 valence electrons. The molecule has 0 aliphatic carbocycles. The molecule has 0 bridgehead atoms. The zero-order valence-electron chi connectivity index (χ0n) is 21.6. The lowest BCUT2D eigenvalue weighted by atomic mass is 9.95. The van der Waals surface area contributed by atoms with Gasteiger partial charge in [-0.15, -0.1) is 11.3 Å². The lowest BCUT2D eigenvalue weighted by Gasteiger charge is -2.35. The number of carbonyl (C=O) groups is 1. The van der Waals surface area contributed by atoms with Gasteiger partial charge in [0.25, 0.3) is 5.91 Å². The molecule has 4 aromatic rings. The number of fused-ring (bicyclic) bond motifs is 3. The summed E-state index contributed by atoms with van der Waals surface area (Å²) in [5, 5.41) is 8.76. The number of aliphatic imine (C=N–C) groups is 1. The molecule has 2 aromatic carbocycles. The van der Waals surface area contributed by atoms with Crippen LogP contribution in [0.4, 0.5) is 19.9 Å². The van der Waals surface area contributed by atoms with Crippen molar-refractivity contribution in [2.24, 2.45) is 4.99 Å². The van der Waals surface area contributed by atoms with Crippen LogP contribution in [0.5, 0.6) is 0 Å². The molecule has 2 aromatic heterocycles. The van der Waals surface area contributed by atoms with E-state index in [1.54, 1.807) is 11.6 Å². The van der Waals surface area contributed by atoms with Gasteiger partial charge in [-0.3, -0.25) is 9.79 Å². The van der Waals surface area contributed by atoms with E-state index >= 15 is 0 Å². The molecule has 8 nitrogen and oxygen atoms in total. The molecule has 1 amide bonds. The Morgan fingerprint density at radius 3 is 2.60 bits per heavy atom. The van der Waals surface area contributed by atoms with Gasteiger partial charge in [-0.2, -0.15) is 0 Å². The quantitative estimate of drug-likeness (QED) is 0.283. The van der Waals surface area contributed by atoms with Crippen LogP contribution in [0.3, 0.4) is 0 Å². The van der Waals surface area contributed by atoms with Gasteiger partial charge in [0.15, 0.2) is 5.13 Å². The third-order valence-electron chi connectivity index (χ3n) is 6.75. The SMILES string of the molecule is CC1CN(C(=O)c2csc(Nc3ncc4c(n3)-c3ccc(I)cc3C(c3c(F)cccc3F)=NC4)n2)CC(C)N1. The number of piperazine rings is 1. The van der Waals surface area contributed by atoms with Gasteiger partial charge in [0.05, 0.1) is 23.5 Å². The van der Waals surface area contributed by atoms with Crippen molar-refractivity contribution in [3.05, 3.63) is 85.6 Å². The minimum atomic E-state index is -0.679. The molecular weight excluding hydrogens is 647 g/mol. The summed E-state index contributed by atoms with van der Waals surface area (Å²) >= 11 is 3.46. The number of aromatic nitrogens is 3. The first-order valence-electron chi connectivity index (χ1n) is 12.7. The molecular formula is C28H24F2IN7OS. The van der Waals surface area contributed by atoms with Gasteiger partial charge in [-0.05, 0) is 60.7 Å². The second-order valence-electron chi connectivity index (χ2n) is 9.86. The number of thiazole rings is 1. The van der Waals surface area contributed by atoms with E-state index in [1.165, 1.54) is 29.5 Å². The van der Waals surface area contributed by atoms with Crippen LogP contribution in [0.2, 0.25) is 0 Å². The van der Waals surface area contributed by atoms with Crippen LogP contribution in [0.25, 0.3) is 11.3 Å². The highest BCUT2D eigenvalue weighted by molar-refractivity contribution is 14.1. The number of halogens is 3. The minimum Gasteiger partial charge on any atom is -0.334 e. The van der Waals surface area contributed by atoms with Crippen molar-refractivity contribution in [2.45, 2.75) is 32.5 Å². The van der Waals surface area contributed by atoms with E-state index in [0.29, 0.717) is 46.7 Å². The summed E-state index contributed by atoms with van der Waals surface area (Å²) in [6.07, 6.45) is 1.65. The highest BCUT2D eigenvalue weighted by Gasteiger charge is 2.28. The first-order chi connectivity index (χ1) is 19.3. The molecule has 12 heteroatoms. The Hall–Kier alpha value is -3.36. The number of hydrogen-bond donors (Lipinski definition) is 2. The number of nitrogens with one attached hydrogen (secondary N) is 2. The summed E-state index contributed by atoms with van der Waals surface area (Å²) in [4.78, 5) is 33.2. The molecule has 2 N–H and O–H groups in total. The number of amides is 1. The summed E-state index contributed by atoms with van der Waals surface area (Å²) < 4.78 is 30.5. The summed E-state index contributed by atoms with van der Waals surface area (Å²) in [6, 6.07) is 9.85. The second kappa shape index (κ2) is 10.9. The predicted octanol–water partition coefficient (Wildman–Crippen LogP) is 5.40.